The third-order valence-electron chi connectivity index (χ3n) is 2.60. The molecule has 2 aromatic rings. The molecule has 82 valence electrons. The maximum Gasteiger partial charge on any atom is 0.0359 e. The monoisotopic (exact) mass is 212 g/mol. The van der Waals surface area contributed by atoms with Gasteiger partial charge < -0.3 is 5.73 Å². The summed E-state index contributed by atoms with van der Waals surface area (Å²) >= 11 is 0. The van der Waals surface area contributed by atoms with E-state index in [-0.39, 0.29) is 5.54 Å². The lowest BCUT2D eigenvalue weighted by molar-refractivity contribution is 0.555. The summed E-state index contributed by atoms with van der Waals surface area (Å²) in [5.74, 6) is 0. The maximum atomic E-state index is 6.17. The van der Waals surface area contributed by atoms with Gasteiger partial charge in [0.2, 0.25) is 0 Å². The molecule has 16 heavy (non-hydrogen) atoms. The molecule has 2 rings (SSSR count). The zero-order chi connectivity index (χ0) is 11.6. The van der Waals surface area contributed by atoms with Crippen LogP contribution in [0.25, 0.3) is 11.1 Å². The number of hydrogen-bond donors (Lipinski definition) is 1. The van der Waals surface area contributed by atoms with E-state index in [0.29, 0.717) is 0 Å². The van der Waals surface area contributed by atoms with Gasteiger partial charge in [0.15, 0.2) is 0 Å². The van der Waals surface area contributed by atoms with E-state index < -0.39 is 0 Å². The molecule has 0 unspecified atom stereocenters. The molecule has 1 aromatic carbocycles. The summed E-state index contributed by atoms with van der Waals surface area (Å²) < 4.78 is 0. The second-order valence-electron chi connectivity index (χ2n) is 4.51. The molecular weight excluding hydrogens is 196 g/mol. The van der Waals surface area contributed by atoms with E-state index in [1.54, 1.807) is 6.20 Å². The molecule has 0 atom stereocenters. The molecule has 0 spiro atoms. The minimum absolute atomic E-state index is 0.353. The molecule has 2 N–H and O–H groups in total. The fourth-order valence-corrected chi connectivity index (χ4v) is 1.80. The molecule has 1 heterocycles. The molecule has 0 radical (unpaired) electrons. The number of benzene rings is 1. The van der Waals surface area contributed by atoms with E-state index in [4.69, 9.17) is 5.73 Å². The van der Waals surface area contributed by atoms with Gasteiger partial charge in [0, 0.05) is 23.5 Å². The topological polar surface area (TPSA) is 38.9 Å². The summed E-state index contributed by atoms with van der Waals surface area (Å²) in [6.45, 7) is 4.02. The van der Waals surface area contributed by atoms with Gasteiger partial charge in [0.25, 0.3) is 0 Å². The Morgan fingerprint density at radius 2 is 1.75 bits per heavy atom. The third kappa shape index (κ3) is 2.12. The first-order valence-electron chi connectivity index (χ1n) is 5.38. The first-order chi connectivity index (χ1) is 7.59. The average molecular weight is 212 g/mol. The molecule has 1 aromatic heterocycles. The van der Waals surface area contributed by atoms with E-state index in [2.05, 4.69) is 17.1 Å². The number of nitrogens with zero attached hydrogens (tertiary/aromatic N) is 1. The van der Waals surface area contributed by atoms with Gasteiger partial charge >= 0.3 is 0 Å². The van der Waals surface area contributed by atoms with Crippen molar-refractivity contribution in [3.05, 3.63) is 54.4 Å². The molecular formula is C14H16N2. The normalized spacial score (nSPS) is 11.4. The lowest BCUT2D eigenvalue weighted by Crippen LogP contribution is -2.29. The van der Waals surface area contributed by atoms with E-state index in [0.717, 1.165) is 16.7 Å². The van der Waals surface area contributed by atoms with Gasteiger partial charge in [-0.2, -0.15) is 0 Å². The van der Waals surface area contributed by atoms with Gasteiger partial charge in [-0.1, -0.05) is 30.3 Å². The fraction of sp³-hybridized carbons (Fsp3) is 0.214. The number of nitrogens with two attached hydrogens (primary N) is 1. The van der Waals surface area contributed by atoms with Crippen molar-refractivity contribution in [1.82, 2.24) is 4.98 Å². The van der Waals surface area contributed by atoms with Gasteiger partial charge in [0.1, 0.15) is 0 Å². The van der Waals surface area contributed by atoms with E-state index in [1.807, 2.05) is 44.3 Å². The Balaban J connectivity index is 2.58. The highest BCUT2D eigenvalue weighted by Crippen LogP contribution is 2.28. The Morgan fingerprint density at radius 3 is 2.38 bits per heavy atom. The Labute approximate surface area is 96.1 Å². The number of pyridine rings is 1. The number of aromatic nitrogens is 1. The van der Waals surface area contributed by atoms with Crippen LogP contribution < -0.4 is 5.73 Å². The fourth-order valence-electron chi connectivity index (χ4n) is 1.80. The predicted octanol–water partition coefficient (Wildman–Crippen LogP) is 2.94. The summed E-state index contributed by atoms with van der Waals surface area (Å²) in [7, 11) is 0. The van der Waals surface area contributed by atoms with Crippen molar-refractivity contribution in [3.63, 3.8) is 0 Å². The van der Waals surface area contributed by atoms with Crippen molar-refractivity contribution >= 4 is 0 Å². The predicted molar refractivity (Wildman–Crippen MR) is 66.9 cm³/mol. The average Bonchev–Trinajstić information content (AvgIpc) is 2.29. The summed E-state index contributed by atoms with van der Waals surface area (Å²) in [5, 5.41) is 0. The third-order valence-corrected chi connectivity index (χ3v) is 2.60. The van der Waals surface area contributed by atoms with E-state index in [1.165, 1.54) is 0 Å². The van der Waals surface area contributed by atoms with Crippen LogP contribution in [-0.4, -0.2) is 4.98 Å². The highest BCUT2D eigenvalue weighted by atomic mass is 14.7. The van der Waals surface area contributed by atoms with Crippen molar-refractivity contribution in [2.75, 3.05) is 0 Å². The molecule has 0 aliphatic heterocycles. The molecule has 0 amide bonds. The molecule has 0 bridgehead atoms. The molecule has 0 saturated heterocycles. The molecule has 0 aliphatic rings. The molecule has 0 fully saturated rings. The minimum Gasteiger partial charge on any atom is -0.322 e. The highest BCUT2D eigenvalue weighted by molar-refractivity contribution is 5.67. The minimum atomic E-state index is -0.353. The van der Waals surface area contributed by atoms with Crippen molar-refractivity contribution in [1.29, 1.82) is 0 Å². The van der Waals surface area contributed by atoms with Crippen LogP contribution in [0.5, 0.6) is 0 Å². The van der Waals surface area contributed by atoms with Crippen LogP contribution in [0, 0.1) is 0 Å². The Bertz CT molecular complexity index is 470. The van der Waals surface area contributed by atoms with Crippen molar-refractivity contribution < 1.29 is 0 Å². The van der Waals surface area contributed by atoms with Crippen LogP contribution in [0.4, 0.5) is 0 Å². The van der Waals surface area contributed by atoms with Crippen LogP contribution in [0.1, 0.15) is 19.4 Å². The highest BCUT2D eigenvalue weighted by Gasteiger charge is 2.18. The number of hydrogen-bond acceptors (Lipinski definition) is 2. The van der Waals surface area contributed by atoms with Gasteiger partial charge in [-0.25, -0.2) is 0 Å². The Morgan fingerprint density at radius 1 is 1.06 bits per heavy atom. The second kappa shape index (κ2) is 4.06. The second-order valence-corrected chi connectivity index (χ2v) is 4.51. The first-order valence-corrected chi connectivity index (χ1v) is 5.38. The zero-order valence-corrected chi connectivity index (χ0v) is 9.64. The summed E-state index contributed by atoms with van der Waals surface area (Å²) in [6, 6.07) is 12.2. The standard InChI is InChI=1S/C14H16N2/c1-14(2,15)13-8-9-16-10-12(13)11-6-4-3-5-7-11/h3-10H,15H2,1-2H3. The van der Waals surface area contributed by atoms with Gasteiger partial charge in [0.05, 0.1) is 0 Å². The van der Waals surface area contributed by atoms with E-state index in [9.17, 15) is 0 Å². The zero-order valence-electron chi connectivity index (χ0n) is 9.64. The van der Waals surface area contributed by atoms with E-state index >= 15 is 0 Å². The van der Waals surface area contributed by atoms with Crippen LogP contribution in [0.15, 0.2) is 48.8 Å². The maximum absolute atomic E-state index is 6.17. The molecule has 2 nitrogen and oxygen atoms in total. The molecule has 2 heteroatoms. The summed E-state index contributed by atoms with van der Waals surface area (Å²) in [4.78, 5) is 4.18. The van der Waals surface area contributed by atoms with Gasteiger partial charge in [-0.3, -0.25) is 4.98 Å². The Kier molecular flexibility index (Phi) is 2.75. The lowest BCUT2D eigenvalue weighted by atomic mass is 9.89. The number of rotatable bonds is 2. The van der Waals surface area contributed by atoms with Crippen molar-refractivity contribution in [2.45, 2.75) is 19.4 Å². The first kappa shape index (κ1) is 10.8. The van der Waals surface area contributed by atoms with Crippen LogP contribution in [0.2, 0.25) is 0 Å². The van der Waals surface area contributed by atoms with Crippen molar-refractivity contribution in [2.24, 2.45) is 5.73 Å². The van der Waals surface area contributed by atoms with Gasteiger partial charge in [-0.05, 0) is 31.0 Å². The van der Waals surface area contributed by atoms with Crippen molar-refractivity contribution in [3.8, 4) is 11.1 Å². The van der Waals surface area contributed by atoms with Crippen LogP contribution in [0.3, 0.4) is 0 Å². The SMILES string of the molecule is CC(C)(N)c1ccncc1-c1ccccc1. The molecule has 0 aliphatic carbocycles. The Hall–Kier alpha value is -1.67. The van der Waals surface area contributed by atoms with Crippen LogP contribution >= 0.6 is 0 Å². The summed E-state index contributed by atoms with van der Waals surface area (Å²) in [6.07, 6.45) is 3.66. The van der Waals surface area contributed by atoms with Gasteiger partial charge in [-0.15, -0.1) is 0 Å². The lowest BCUT2D eigenvalue weighted by Gasteiger charge is -2.22. The smallest absolute Gasteiger partial charge is 0.0359 e. The largest absolute Gasteiger partial charge is 0.322 e. The summed E-state index contributed by atoms with van der Waals surface area (Å²) in [5.41, 5.74) is 9.20. The van der Waals surface area contributed by atoms with Crippen LogP contribution in [-0.2, 0) is 5.54 Å². The molecule has 0 saturated carbocycles. The quantitative estimate of drug-likeness (QED) is 0.831.